The van der Waals surface area contributed by atoms with Crippen LogP contribution < -0.4 is 0 Å². The Bertz CT molecular complexity index is 444. The number of benzene rings is 1. The number of ketones is 1. The van der Waals surface area contributed by atoms with Gasteiger partial charge in [0.05, 0.1) is 0 Å². The predicted octanol–water partition coefficient (Wildman–Crippen LogP) is 4.53. The van der Waals surface area contributed by atoms with E-state index >= 15 is 0 Å². The third-order valence-corrected chi connectivity index (χ3v) is 4.72. The molecule has 1 aromatic carbocycles. The molecule has 2 atom stereocenters. The van der Waals surface area contributed by atoms with Gasteiger partial charge in [0.2, 0.25) is 0 Å². The number of carbonyl (C=O) groups is 1. The third-order valence-electron chi connectivity index (χ3n) is 3.95. The highest BCUT2D eigenvalue weighted by Gasteiger charge is 2.28. The quantitative estimate of drug-likeness (QED) is 0.798. The molecule has 1 aliphatic carbocycles. The van der Waals surface area contributed by atoms with Crippen LogP contribution in [-0.2, 0) is 11.2 Å². The number of Topliss-reactive ketones (excluding diaryl/α,β-unsaturated/α-hetero) is 1. The van der Waals surface area contributed by atoms with Gasteiger partial charge in [-0.3, -0.25) is 4.79 Å². The highest BCUT2D eigenvalue weighted by molar-refractivity contribution is 9.10. The van der Waals surface area contributed by atoms with Gasteiger partial charge in [-0.1, -0.05) is 29.3 Å². The fourth-order valence-electron chi connectivity index (χ4n) is 2.75. The summed E-state index contributed by atoms with van der Waals surface area (Å²) in [6, 6.07) is 4.52. The Morgan fingerprint density at radius 2 is 2.22 bits per heavy atom. The Morgan fingerprint density at radius 1 is 1.44 bits per heavy atom. The molecular weight excluding hydrogens is 295 g/mol. The Balaban J connectivity index is 2.01. The number of hydrogen-bond acceptors (Lipinski definition) is 1. The normalized spacial score (nSPS) is 23.3. The molecule has 0 amide bonds. The van der Waals surface area contributed by atoms with E-state index in [1.807, 2.05) is 0 Å². The SMILES string of the molecule is CCC1CCC(C(=O)Cc2cc(F)ccc2Br)C1. The largest absolute Gasteiger partial charge is 0.299 e. The molecule has 1 aromatic rings. The van der Waals surface area contributed by atoms with Gasteiger partial charge in [0, 0.05) is 16.8 Å². The molecule has 0 heterocycles. The Kier molecular flexibility index (Phi) is 4.55. The summed E-state index contributed by atoms with van der Waals surface area (Å²) in [5.41, 5.74) is 0.764. The summed E-state index contributed by atoms with van der Waals surface area (Å²) in [6.07, 6.45) is 4.69. The summed E-state index contributed by atoms with van der Waals surface area (Å²) in [4.78, 5) is 12.2. The lowest BCUT2D eigenvalue weighted by Gasteiger charge is -2.10. The molecule has 0 saturated heterocycles. The monoisotopic (exact) mass is 312 g/mol. The first-order valence-corrected chi connectivity index (χ1v) is 7.36. The van der Waals surface area contributed by atoms with Crippen LogP contribution in [0.1, 0.15) is 38.2 Å². The molecule has 98 valence electrons. The van der Waals surface area contributed by atoms with Gasteiger partial charge in [0.1, 0.15) is 11.6 Å². The summed E-state index contributed by atoms with van der Waals surface area (Å²) in [7, 11) is 0. The van der Waals surface area contributed by atoms with E-state index in [4.69, 9.17) is 0 Å². The van der Waals surface area contributed by atoms with Gasteiger partial charge < -0.3 is 0 Å². The molecule has 1 nitrogen and oxygen atoms in total. The van der Waals surface area contributed by atoms with Crippen molar-refractivity contribution < 1.29 is 9.18 Å². The van der Waals surface area contributed by atoms with Crippen molar-refractivity contribution in [1.29, 1.82) is 0 Å². The third kappa shape index (κ3) is 3.19. The fraction of sp³-hybridized carbons (Fsp3) is 0.533. The van der Waals surface area contributed by atoms with Crippen LogP contribution in [0.3, 0.4) is 0 Å². The van der Waals surface area contributed by atoms with Crippen LogP contribution in [0.4, 0.5) is 4.39 Å². The maximum atomic E-state index is 13.2. The summed E-state index contributed by atoms with van der Waals surface area (Å²) in [5.74, 6) is 0.871. The van der Waals surface area contributed by atoms with E-state index in [0.29, 0.717) is 12.3 Å². The predicted molar refractivity (Wildman–Crippen MR) is 73.9 cm³/mol. The molecular formula is C15H18BrFO. The molecule has 0 spiro atoms. The highest BCUT2D eigenvalue weighted by Crippen LogP contribution is 2.34. The van der Waals surface area contributed by atoms with E-state index in [1.165, 1.54) is 12.1 Å². The molecule has 0 aromatic heterocycles. The standard InChI is InChI=1S/C15H18BrFO/c1-2-10-3-4-11(7-10)15(18)9-12-8-13(17)5-6-14(12)16/h5-6,8,10-11H,2-4,7,9H2,1H3. The lowest BCUT2D eigenvalue weighted by molar-refractivity contribution is -0.122. The molecule has 2 unspecified atom stereocenters. The van der Waals surface area contributed by atoms with Crippen LogP contribution in [0.15, 0.2) is 22.7 Å². The summed E-state index contributed by atoms with van der Waals surface area (Å²) < 4.78 is 14.0. The second kappa shape index (κ2) is 5.96. The van der Waals surface area contributed by atoms with Crippen molar-refractivity contribution in [2.75, 3.05) is 0 Å². The first-order valence-electron chi connectivity index (χ1n) is 6.56. The average Bonchev–Trinajstić information content (AvgIpc) is 2.82. The maximum absolute atomic E-state index is 13.2. The summed E-state index contributed by atoms with van der Waals surface area (Å²) in [6.45, 7) is 2.18. The molecule has 18 heavy (non-hydrogen) atoms. The Hall–Kier alpha value is -0.700. The van der Waals surface area contributed by atoms with Gasteiger partial charge in [0.15, 0.2) is 0 Å². The van der Waals surface area contributed by atoms with Gasteiger partial charge in [0.25, 0.3) is 0 Å². The van der Waals surface area contributed by atoms with Crippen LogP contribution in [0, 0.1) is 17.7 Å². The fourth-order valence-corrected chi connectivity index (χ4v) is 3.14. The first-order chi connectivity index (χ1) is 8.60. The van der Waals surface area contributed by atoms with Crippen LogP contribution in [0.25, 0.3) is 0 Å². The molecule has 0 radical (unpaired) electrons. The number of carbonyl (C=O) groups excluding carboxylic acids is 1. The Morgan fingerprint density at radius 3 is 2.89 bits per heavy atom. The van der Waals surface area contributed by atoms with E-state index in [2.05, 4.69) is 22.9 Å². The van der Waals surface area contributed by atoms with Gasteiger partial charge >= 0.3 is 0 Å². The second-order valence-corrected chi connectivity index (χ2v) is 6.02. The zero-order valence-corrected chi connectivity index (χ0v) is 12.2. The van der Waals surface area contributed by atoms with Crippen molar-refractivity contribution in [3.8, 4) is 0 Å². The van der Waals surface area contributed by atoms with E-state index in [9.17, 15) is 9.18 Å². The first kappa shape index (κ1) is 13.7. The minimum absolute atomic E-state index is 0.185. The van der Waals surface area contributed by atoms with Gasteiger partial charge in [-0.25, -0.2) is 4.39 Å². The number of rotatable bonds is 4. The molecule has 1 saturated carbocycles. The minimum atomic E-state index is -0.279. The lowest BCUT2D eigenvalue weighted by atomic mass is 9.95. The average molecular weight is 313 g/mol. The number of hydrogen-bond donors (Lipinski definition) is 0. The van der Waals surface area contributed by atoms with Crippen molar-refractivity contribution in [2.24, 2.45) is 11.8 Å². The second-order valence-electron chi connectivity index (χ2n) is 5.16. The van der Waals surface area contributed by atoms with Crippen LogP contribution >= 0.6 is 15.9 Å². The van der Waals surface area contributed by atoms with E-state index in [-0.39, 0.29) is 17.5 Å². The van der Waals surface area contributed by atoms with Crippen molar-refractivity contribution in [1.82, 2.24) is 0 Å². The zero-order valence-electron chi connectivity index (χ0n) is 10.6. The maximum Gasteiger partial charge on any atom is 0.140 e. The van der Waals surface area contributed by atoms with E-state index in [1.54, 1.807) is 6.07 Å². The van der Waals surface area contributed by atoms with Crippen LogP contribution in [0.2, 0.25) is 0 Å². The van der Waals surface area contributed by atoms with Crippen LogP contribution in [0.5, 0.6) is 0 Å². The molecule has 2 rings (SSSR count). The smallest absolute Gasteiger partial charge is 0.140 e. The minimum Gasteiger partial charge on any atom is -0.299 e. The van der Waals surface area contributed by atoms with Crippen molar-refractivity contribution in [3.63, 3.8) is 0 Å². The van der Waals surface area contributed by atoms with Crippen molar-refractivity contribution >= 4 is 21.7 Å². The number of halogens is 2. The van der Waals surface area contributed by atoms with Crippen LogP contribution in [-0.4, -0.2) is 5.78 Å². The molecule has 0 bridgehead atoms. The molecule has 1 aliphatic rings. The lowest BCUT2D eigenvalue weighted by Crippen LogP contribution is -2.14. The summed E-state index contributed by atoms with van der Waals surface area (Å²) >= 11 is 3.37. The highest BCUT2D eigenvalue weighted by atomic mass is 79.9. The molecule has 1 fully saturated rings. The molecule has 0 aliphatic heterocycles. The summed E-state index contributed by atoms with van der Waals surface area (Å²) in [5, 5.41) is 0. The van der Waals surface area contributed by atoms with E-state index < -0.39 is 0 Å². The zero-order chi connectivity index (χ0) is 13.1. The van der Waals surface area contributed by atoms with E-state index in [0.717, 1.165) is 35.7 Å². The van der Waals surface area contributed by atoms with Gasteiger partial charge in [-0.15, -0.1) is 0 Å². The molecule has 0 N–H and O–H groups in total. The van der Waals surface area contributed by atoms with Gasteiger partial charge in [-0.05, 0) is 48.9 Å². The van der Waals surface area contributed by atoms with Crippen molar-refractivity contribution in [2.45, 2.75) is 39.0 Å². The Labute approximate surface area is 116 Å². The van der Waals surface area contributed by atoms with Gasteiger partial charge in [-0.2, -0.15) is 0 Å². The molecule has 3 heteroatoms. The van der Waals surface area contributed by atoms with Crippen molar-refractivity contribution in [3.05, 3.63) is 34.1 Å². The topological polar surface area (TPSA) is 17.1 Å².